The first-order valence-corrected chi connectivity index (χ1v) is 19.8. The maximum absolute atomic E-state index is 14.5. The van der Waals surface area contributed by atoms with Crippen LogP contribution in [0.1, 0.15) is 80.9 Å². The molecule has 55 heavy (non-hydrogen) atoms. The highest BCUT2D eigenvalue weighted by molar-refractivity contribution is 7.99. The molecule has 0 spiro atoms. The molecule has 14 heteroatoms. The van der Waals surface area contributed by atoms with Crippen LogP contribution in [0.25, 0.3) is 0 Å². The Labute approximate surface area is 324 Å². The maximum atomic E-state index is 14.5. The second-order valence-corrected chi connectivity index (χ2v) is 16.1. The van der Waals surface area contributed by atoms with Gasteiger partial charge in [-0.3, -0.25) is 4.79 Å². The summed E-state index contributed by atoms with van der Waals surface area (Å²) in [6.45, 7) is 7.88. The van der Waals surface area contributed by atoms with E-state index < -0.39 is 65.0 Å². The van der Waals surface area contributed by atoms with Crippen LogP contribution in [0.2, 0.25) is 0 Å². The van der Waals surface area contributed by atoms with Gasteiger partial charge in [0, 0.05) is 44.5 Å². The first-order valence-electron chi connectivity index (χ1n) is 18.6. The lowest BCUT2D eigenvalue weighted by atomic mass is 9.90. The quantitative estimate of drug-likeness (QED) is 0.163. The number of hydrogen-bond acceptors (Lipinski definition) is 9. The van der Waals surface area contributed by atoms with E-state index in [1.54, 1.807) is 31.9 Å². The Kier molecular flexibility index (Phi) is 14.2. The van der Waals surface area contributed by atoms with Crippen LogP contribution in [0.3, 0.4) is 0 Å². The molecule has 0 unspecified atom stereocenters. The minimum Gasteiger partial charge on any atom is -0.490 e. The summed E-state index contributed by atoms with van der Waals surface area (Å²) >= 11 is 1.28. The monoisotopic (exact) mass is 788 g/mol. The Balaban J connectivity index is 1.17. The minimum absolute atomic E-state index is 0.147. The van der Waals surface area contributed by atoms with Crippen molar-refractivity contribution in [3.63, 3.8) is 0 Å². The topological polar surface area (TPSA) is 138 Å². The molecule has 2 aliphatic rings. The molecule has 3 aromatic carbocycles. The number of alkyl carbamates (subject to hydrolysis) is 1. The van der Waals surface area contributed by atoms with Crippen molar-refractivity contribution in [1.29, 1.82) is 0 Å². The van der Waals surface area contributed by atoms with Crippen LogP contribution in [0.15, 0.2) is 54.6 Å². The number of thioether (sulfide) groups is 1. The van der Waals surface area contributed by atoms with Crippen LogP contribution in [-0.2, 0) is 33.5 Å². The number of likely N-dealkylation sites (tertiary alicyclic amines) is 1. The van der Waals surface area contributed by atoms with E-state index in [9.17, 15) is 38.1 Å². The largest absolute Gasteiger partial charge is 0.490 e. The van der Waals surface area contributed by atoms with Gasteiger partial charge in [0.1, 0.15) is 53.1 Å². The van der Waals surface area contributed by atoms with Gasteiger partial charge in [0.15, 0.2) is 11.6 Å². The van der Waals surface area contributed by atoms with Gasteiger partial charge in [-0.1, -0.05) is 37.3 Å². The number of nitrogens with one attached hydrogen (secondary N) is 1. The number of carbonyl (C=O) groups is 2. The number of aliphatic hydroxyl groups excluding tert-OH is 3. The Bertz CT molecular complexity index is 1780. The van der Waals surface area contributed by atoms with Crippen molar-refractivity contribution in [2.45, 2.75) is 114 Å². The molecule has 2 amide bonds. The van der Waals surface area contributed by atoms with Crippen molar-refractivity contribution in [3.8, 4) is 5.75 Å². The molecule has 4 N–H and O–H groups in total. The summed E-state index contributed by atoms with van der Waals surface area (Å²) in [5, 5.41) is 34.1. The fourth-order valence-electron chi connectivity index (χ4n) is 6.95. The molecule has 0 bridgehead atoms. The molecule has 5 rings (SSSR count). The lowest BCUT2D eigenvalue weighted by Crippen LogP contribution is -2.52. The van der Waals surface area contributed by atoms with E-state index >= 15 is 0 Å². The van der Waals surface area contributed by atoms with E-state index in [1.807, 2.05) is 42.5 Å². The standard InChI is InChI=1S/C41H51F3N2O8S/c1-6-24-9-10-25(38-36(49)35(48)37(50)39(53-38)55-5)18-26(24)17-23-7-11-29(12-8-23)52-30-13-15-46(16-14-30)34(47)21-28(45-40(51)54-41(2,3)4)19-27-20-32(43)33(44)22-31(27)42/h7-12,18,20,22,28,30,35-39,48-50H,6,13-17,19,21H2,1-5H3,(H,45,51)/t28-,35-,36-,37+,38+,39-/m1/s1. The SMILES string of the molecule is CCc1ccc([C@@H]2O[C@H](SC)[C@@H](O)[C@H](O)[C@H]2O)cc1Cc1ccc(OC2CCN(C(=O)C[C@@H](Cc3cc(F)c(F)cc3F)NC(=O)OC(C)(C)C)CC2)cc1. The van der Waals surface area contributed by atoms with Crippen LogP contribution < -0.4 is 10.1 Å². The smallest absolute Gasteiger partial charge is 0.407 e. The van der Waals surface area contributed by atoms with E-state index in [2.05, 4.69) is 12.2 Å². The summed E-state index contributed by atoms with van der Waals surface area (Å²) in [6.07, 6.45) is -1.69. The third-order valence-electron chi connectivity index (χ3n) is 9.85. The zero-order valence-corrected chi connectivity index (χ0v) is 32.6. The number of benzene rings is 3. The summed E-state index contributed by atoms with van der Waals surface area (Å²) in [6, 6.07) is 13.9. The molecule has 0 radical (unpaired) electrons. The van der Waals surface area contributed by atoms with Crippen LogP contribution in [-0.4, -0.2) is 93.1 Å². The number of aryl methyl sites for hydroxylation is 1. The molecule has 0 aliphatic carbocycles. The summed E-state index contributed by atoms with van der Waals surface area (Å²) in [4.78, 5) is 27.6. The number of amides is 2. The molecule has 300 valence electrons. The molecule has 2 saturated heterocycles. The normalized spacial score (nSPS) is 22.6. The van der Waals surface area contributed by atoms with Gasteiger partial charge in [-0.05, 0) is 92.3 Å². The number of halogens is 3. The number of aliphatic hydroxyl groups is 3. The van der Waals surface area contributed by atoms with Crippen molar-refractivity contribution in [3.05, 3.63) is 99.9 Å². The van der Waals surface area contributed by atoms with Crippen LogP contribution in [0, 0.1) is 17.5 Å². The molecule has 0 aromatic heterocycles. The van der Waals surface area contributed by atoms with E-state index in [1.165, 1.54) is 11.8 Å². The van der Waals surface area contributed by atoms with Gasteiger partial charge in [0.25, 0.3) is 0 Å². The average molecular weight is 789 g/mol. The minimum atomic E-state index is -1.33. The Morgan fingerprint density at radius 1 is 0.909 bits per heavy atom. The van der Waals surface area contributed by atoms with Gasteiger partial charge in [0.05, 0.1) is 0 Å². The summed E-state index contributed by atoms with van der Waals surface area (Å²) < 4.78 is 59.6. The predicted octanol–water partition coefficient (Wildman–Crippen LogP) is 6.00. The fourth-order valence-corrected chi connectivity index (χ4v) is 7.62. The number of rotatable bonds is 12. The molecule has 2 fully saturated rings. The number of hydrogen-bond donors (Lipinski definition) is 4. The van der Waals surface area contributed by atoms with E-state index in [4.69, 9.17) is 14.2 Å². The third-order valence-corrected chi connectivity index (χ3v) is 10.7. The number of ether oxygens (including phenoxy) is 3. The molecular formula is C41H51F3N2O8S. The van der Waals surface area contributed by atoms with Crippen molar-refractivity contribution in [1.82, 2.24) is 10.2 Å². The van der Waals surface area contributed by atoms with Crippen molar-refractivity contribution < 1.29 is 52.3 Å². The van der Waals surface area contributed by atoms with Crippen LogP contribution in [0.4, 0.5) is 18.0 Å². The number of carbonyl (C=O) groups excluding carboxylic acids is 2. The van der Waals surface area contributed by atoms with Gasteiger partial charge < -0.3 is 39.7 Å². The van der Waals surface area contributed by atoms with Crippen LogP contribution in [0.5, 0.6) is 5.75 Å². The molecule has 0 saturated carbocycles. The highest BCUT2D eigenvalue weighted by atomic mass is 32.2. The maximum Gasteiger partial charge on any atom is 0.407 e. The Morgan fingerprint density at radius 2 is 1.58 bits per heavy atom. The molecule has 2 heterocycles. The predicted molar refractivity (Wildman–Crippen MR) is 202 cm³/mol. The highest BCUT2D eigenvalue weighted by Gasteiger charge is 2.44. The van der Waals surface area contributed by atoms with E-state index in [0.717, 1.165) is 34.7 Å². The zero-order valence-electron chi connectivity index (χ0n) is 31.8. The van der Waals surface area contributed by atoms with Gasteiger partial charge >= 0.3 is 6.09 Å². The highest BCUT2D eigenvalue weighted by Crippen LogP contribution is 2.37. The first-order chi connectivity index (χ1) is 26.0. The van der Waals surface area contributed by atoms with Gasteiger partial charge in [0.2, 0.25) is 5.91 Å². The van der Waals surface area contributed by atoms with E-state index in [-0.39, 0.29) is 30.4 Å². The Morgan fingerprint density at radius 3 is 2.22 bits per heavy atom. The summed E-state index contributed by atoms with van der Waals surface area (Å²) in [5.74, 6) is -3.14. The van der Waals surface area contributed by atoms with Gasteiger partial charge in [-0.2, -0.15) is 0 Å². The fraction of sp³-hybridized carbons (Fsp3) is 0.512. The number of piperidine rings is 1. The molecule has 10 nitrogen and oxygen atoms in total. The van der Waals surface area contributed by atoms with Crippen molar-refractivity contribution in [2.24, 2.45) is 0 Å². The second-order valence-electron chi connectivity index (χ2n) is 15.1. The van der Waals surface area contributed by atoms with Gasteiger partial charge in [-0.15, -0.1) is 11.8 Å². The van der Waals surface area contributed by atoms with Crippen molar-refractivity contribution in [2.75, 3.05) is 19.3 Å². The van der Waals surface area contributed by atoms with Gasteiger partial charge in [-0.25, -0.2) is 18.0 Å². The summed E-state index contributed by atoms with van der Waals surface area (Å²) in [7, 11) is 0. The second kappa shape index (κ2) is 18.4. The van der Waals surface area contributed by atoms with E-state index in [0.29, 0.717) is 44.2 Å². The lowest BCUT2D eigenvalue weighted by molar-refractivity contribution is -0.200. The Hall–Kier alpha value is -3.82. The van der Waals surface area contributed by atoms with Crippen molar-refractivity contribution >= 4 is 23.8 Å². The lowest BCUT2D eigenvalue weighted by Gasteiger charge is -2.40. The molecule has 2 aliphatic heterocycles. The number of nitrogens with zero attached hydrogens (tertiary/aromatic N) is 1. The molecule has 6 atom stereocenters. The average Bonchev–Trinajstić information content (AvgIpc) is 3.13. The zero-order chi connectivity index (χ0) is 40.0. The third kappa shape index (κ3) is 11.2. The van der Waals surface area contributed by atoms with Crippen LogP contribution >= 0.6 is 11.8 Å². The first kappa shape index (κ1) is 42.3. The molecule has 3 aromatic rings. The summed E-state index contributed by atoms with van der Waals surface area (Å²) in [5.41, 5.74) is 2.29. The molecular weight excluding hydrogens is 738 g/mol.